The predicted molar refractivity (Wildman–Crippen MR) is 98.2 cm³/mol. The van der Waals surface area contributed by atoms with E-state index in [1.165, 1.54) is 12.1 Å². The van der Waals surface area contributed by atoms with Crippen molar-refractivity contribution in [1.29, 1.82) is 0 Å². The van der Waals surface area contributed by atoms with Crippen LogP contribution in [-0.4, -0.2) is 22.8 Å². The molecule has 0 radical (unpaired) electrons. The second-order valence-corrected chi connectivity index (χ2v) is 6.70. The van der Waals surface area contributed by atoms with Crippen LogP contribution >= 0.6 is 11.6 Å². The highest BCUT2D eigenvalue weighted by molar-refractivity contribution is 6.33. The average Bonchev–Trinajstić information content (AvgIpc) is 2.60. The molecule has 1 aromatic carbocycles. The Balaban J connectivity index is 2.24. The number of benzene rings is 1. The summed E-state index contributed by atoms with van der Waals surface area (Å²) in [7, 11) is 0. The van der Waals surface area contributed by atoms with Crippen molar-refractivity contribution in [3.63, 3.8) is 0 Å². The summed E-state index contributed by atoms with van der Waals surface area (Å²) in [5.74, 6) is -1.88. The number of nitrogens with one attached hydrogen (secondary N) is 3. The van der Waals surface area contributed by atoms with Gasteiger partial charge in [0, 0.05) is 6.20 Å². The minimum absolute atomic E-state index is 0.138. The molecule has 0 saturated heterocycles. The Hall–Kier alpha value is -2.81. The smallest absolute Gasteiger partial charge is 0.340 e. The van der Waals surface area contributed by atoms with Crippen molar-refractivity contribution in [2.75, 3.05) is 5.32 Å². The first-order valence-corrected chi connectivity index (χ1v) is 8.54. The van der Waals surface area contributed by atoms with Crippen molar-refractivity contribution in [2.45, 2.75) is 26.1 Å². The molecular formula is C18H17ClF3N3O3. The number of carbonyl (C=O) groups is 2. The van der Waals surface area contributed by atoms with E-state index in [2.05, 4.69) is 10.6 Å². The van der Waals surface area contributed by atoms with Crippen LogP contribution in [0.5, 0.6) is 0 Å². The molecule has 3 N–H and O–H groups in total. The van der Waals surface area contributed by atoms with Gasteiger partial charge in [0.2, 0.25) is 5.91 Å². The zero-order valence-electron chi connectivity index (χ0n) is 14.9. The fourth-order valence-corrected chi connectivity index (χ4v) is 2.57. The lowest BCUT2D eigenvalue weighted by Gasteiger charge is -2.22. The Kier molecular flexibility index (Phi) is 6.50. The van der Waals surface area contributed by atoms with Crippen LogP contribution in [0.25, 0.3) is 0 Å². The Morgan fingerprint density at radius 1 is 1.18 bits per heavy atom. The van der Waals surface area contributed by atoms with Crippen LogP contribution in [0.1, 0.15) is 29.8 Å². The summed E-state index contributed by atoms with van der Waals surface area (Å²) in [6.07, 6.45) is -4.18. The van der Waals surface area contributed by atoms with E-state index in [-0.39, 0.29) is 10.6 Å². The topological polar surface area (TPSA) is 91.1 Å². The first kappa shape index (κ1) is 21.5. The average molecular weight is 416 g/mol. The van der Waals surface area contributed by atoms with Crippen molar-refractivity contribution >= 4 is 29.1 Å². The SMILES string of the molecule is CC(C)C(NC(=O)c1ccccc1Cl)C(=O)Nc1cc(C(F)(F)F)c[nH]c1=O. The maximum Gasteiger partial charge on any atom is 0.417 e. The maximum absolute atomic E-state index is 12.8. The Labute approximate surface area is 163 Å². The third kappa shape index (κ3) is 5.13. The highest BCUT2D eigenvalue weighted by atomic mass is 35.5. The molecule has 0 fully saturated rings. The number of carbonyl (C=O) groups excluding carboxylic acids is 2. The lowest BCUT2D eigenvalue weighted by Crippen LogP contribution is -2.47. The van der Waals surface area contributed by atoms with Gasteiger partial charge in [-0.05, 0) is 24.1 Å². The lowest BCUT2D eigenvalue weighted by atomic mass is 10.0. The van der Waals surface area contributed by atoms with Crippen molar-refractivity contribution in [3.8, 4) is 0 Å². The summed E-state index contributed by atoms with van der Waals surface area (Å²) in [6, 6.07) is 5.61. The summed E-state index contributed by atoms with van der Waals surface area (Å²) >= 11 is 5.96. The van der Waals surface area contributed by atoms with Crippen molar-refractivity contribution in [3.05, 3.63) is 63.0 Å². The first-order valence-electron chi connectivity index (χ1n) is 8.17. The lowest BCUT2D eigenvalue weighted by molar-refractivity contribution is -0.137. The van der Waals surface area contributed by atoms with Gasteiger partial charge in [-0.2, -0.15) is 13.2 Å². The molecule has 0 spiro atoms. The van der Waals surface area contributed by atoms with E-state index < -0.39 is 46.8 Å². The number of halogens is 4. The van der Waals surface area contributed by atoms with Gasteiger partial charge in [-0.15, -0.1) is 0 Å². The molecule has 1 atom stereocenters. The van der Waals surface area contributed by atoms with E-state index in [0.29, 0.717) is 12.3 Å². The Morgan fingerprint density at radius 3 is 2.39 bits per heavy atom. The molecule has 28 heavy (non-hydrogen) atoms. The van der Waals surface area contributed by atoms with E-state index >= 15 is 0 Å². The van der Waals surface area contributed by atoms with Gasteiger partial charge < -0.3 is 15.6 Å². The minimum Gasteiger partial charge on any atom is -0.340 e. The van der Waals surface area contributed by atoms with E-state index in [1.54, 1.807) is 26.0 Å². The molecule has 0 aliphatic carbocycles. The number of anilines is 1. The van der Waals surface area contributed by atoms with E-state index in [4.69, 9.17) is 11.6 Å². The third-order valence-corrected chi connectivity index (χ3v) is 4.17. The maximum atomic E-state index is 12.8. The van der Waals surface area contributed by atoms with Crippen molar-refractivity contribution < 1.29 is 22.8 Å². The fraction of sp³-hybridized carbons (Fsp3) is 0.278. The molecule has 0 bridgehead atoms. The molecular weight excluding hydrogens is 399 g/mol. The molecule has 2 rings (SSSR count). The number of alkyl halides is 3. The van der Waals surface area contributed by atoms with E-state index in [1.807, 2.05) is 4.98 Å². The third-order valence-electron chi connectivity index (χ3n) is 3.84. The highest BCUT2D eigenvalue weighted by Crippen LogP contribution is 2.29. The summed E-state index contributed by atoms with van der Waals surface area (Å²) < 4.78 is 38.5. The Morgan fingerprint density at radius 2 is 1.82 bits per heavy atom. The normalized spacial score (nSPS) is 12.5. The van der Waals surface area contributed by atoms with Crippen molar-refractivity contribution in [1.82, 2.24) is 10.3 Å². The van der Waals surface area contributed by atoms with Crippen LogP contribution in [0, 0.1) is 5.92 Å². The molecule has 0 saturated carbocycles. The second kappa shape index (κ2) is 8.47. The minimum atomic E-state index is -4.70. The molecule has 10 heteroatoms. The van der Waals surface area contributed by atoms with E-state index in [0.717, 1.165) is 0 Å². The number of hydrogen-bond donors (Lipinski definition) is 3. The van der Waals surface area contributed by atoms with Crippen molar-refractivity contribution in [2.24, 2.45) is 5.92 Å². The van der Waals surface area contributed by atoms with Crippen LogP contribution in [0.3, 0.4) is 0 Å². The molecule has 2 amide bonds. The Bertz CT molecular complexity index is 941. The second-order valence-electron chi connectivity index (χ2n) is 6.29. The summed E-state index contributed by atoms with van der Waals surface area (Å²) in [4.78, 5) is 38.6. The van der Waals surface area contributed by atoms with E-state index in [9.17, 15) is 27.6 Å². The van der Waals surface area contributed by atoms with Gasteiger partial charge in [0.25, 0.3) is 11.5 Å². The molecule has 1 unspecified atom stereocenters. The molecule has 6 nitrogen and oxygen atoms in total. The van der Waals surface area contributed by atoms with Gasteiger partial charge in [0.15, 0.2) is 0 Å². The number of amides is 2. The quantitative estimate of drug-likeness (QED) is 0.698. The molecule has 0 aliphatic heterocycles. The largest absolute Gasteiger partial charge is 0.417 e. The zero-order valence-corrected chi connectivity index (χ0v) is 15.6. The summed E-state index contributed by atoms with van der Waals surface area (Å²) in [5, 5.41) is 4.81. The van der Waals surface area contributed by atoms with Gasteiger partial charge in [0.05, 0.1) is 16.1 Å². The van der Waals surface area contributed by atoms with Gasteiger partial charge in [-0.25, -0.2) is 0 Å². The fourth-order valence-electron chi connectivity index (χ4n) is 2.35. The summed E-state index contributed by atoms with van der Waals surface area (Å²) in [5.41, 5.74) is -2.46. The number of H-pyrrole nitrogens is 1. The number of hydrogen-bond acceptors (Lipinski definition) is 3. The van der Waals surface area contributed by atoms with Crippen LogP contribution in [0.2, 0.25) is 5.02 Å². The van der Waals surface area contributed by atoms with Crippen LogP contribution in [-0.2, 0) is 11.0 Å². The molecule has 0 aliphatic rings. The van der Waals surface area contributed by atoms with Crippen LogP contribution in [0.15, 0.2) is 41.3 Å². The van der Waals surface area contributed by atoms with Gasteiger partial charge in [-0.1, -0.05) is 37.6 Å². The highest BCUT2D eigenvalue weighted by Gasteiger charge is 2.32. The van der Waals surface area contributed by atoms with Crippen LogP contribution < -0.4 is 16.2 Å². The summed E-state index contributed by atoms with van der Waals surface area (Å²) in [6.45, 7) is 3.26. The number of aromatic amines is 1. The number of rotatable bonds is 5. The van der Waals surface area contributed by atoms with Gasteiger partial charge in [0.1, 0.15) is 11.7 Å². The molecule has 150 valence electrons. The van der Waals surface area contributed by atoms with Gasteiger partial charge in [-0.3, -0.25) is 14.4 Å². The van der Waals surface area contributed by atoms with Gasteiger partial charge >= 0.3 is 6.18 Å². The zero-order chi connectivity index (χ0) is 21.1. The first-order chi connectivity index (χ1) is 13.0. The molecule has 1 heterocycles. The van der Waals surface area contributed by atoms with Crippen LogP contribution in [0.4, 0.5) is 18.9 Å². The number of pyridine rings is 1. The standard InChI is InChI=1S/C18H17ClF3N3O3/c1-9(2)14(25-15(26)11-5-3-4-6-12(11)19)17(28)24-13-7-10(18(20,21)22)8-23-16(13)27/h3-9,14H,1-2H3,(H,23,27)(H,24,28)(H,25,26). The molecule has 1 aromatic heterocycles. The number of aromatic nitrogens is 1. The molecule has 2 aromatic rings. The monoisotopic (exact) mass is 415 g/mol. The predicted octanol–water partition coefficient (Wildman–Crippen LogP) is 3.44.